The number of imide groups is 2. The van der Waals surface area contributed by atoms with Crippen LogP contribution in [0.25, 0.3) is 22.4 Å². The predicted octanol–water partition coefficient (Wildman–Crippen LogP) is 0.928. The van der Waals surface area contributed by atoms with Crippen LogP contribution in [0, 0.1) is 5.41 Å². The van der Waals surface area contributed by atoms with E-state index >= 15 is 0 Å². The third-order valence-corrected chi connectivity index (χ3v) is 7.42. The number of hydrogen-bond acceptors (Lipinski definition) is 10. The molecule has 4 N–H and O–H groups in total. The van der Waals surface area contributed by atoms with Crippen molar-refractivity contribution in [2.45, 2.75) is 38.5 Å². The lowest BCUT2D eigenvalue weighted by Gasteiger charge is -2.55. The largest absolute Gasteiger partial charge is 0.372 e. The number of ether oxygens (including phenoxy) is 1. The number of nitrogens with two attached hydrogens (primary N) is 1. The zero-order valence-corrected chi connectivity index (χ0v) is 20.3. The Morgan fingerprint density at radius 1 is 1.22 bits per heavy atom. The summed E-state index contributed by atoms with van der Waals surface area (Å²) in [5.41, 5.74) is 5.81. The van der Waals surface area contributed by atoms with Gasteiger partial charge < -0.3 is 19.9 Å². The van der Waals surface area contributed by atoms with E-state index in [1.54, 1.807) is 13.0 Å². The molecule has 190 valence electrons. The molecular weight excluding hydrogens is 506 g/mol. The normalized spacial score (nSPS) is 24.5. The van der Waals surface area contributed by atoms with Crippen molar-refractivity contribution < 1.29 is 28.4 Å². The summed E-state index contributed by atoms with van der Waals surface area (Å²) in [5.74, 6) is -2.15. The van der Waals surface area contributed by atoms with Gasteiger partial charge in [-0.05, 0) is 26.0 Å². The van der Waals surface area contributed by atoms with Gasteiger partial charge in [0.25, 0.3) is 5.91 Å². The molecule has 3 aromatic heterocycles. The van der Waals surface area contributed by atoms with Crippen molar-refractivity contribution in [3.63, 3.8) is 0 Å². The number of carbonyl (C=O) groups is 4. The number of pyridine rings is 2. The summed E-state index contributed by atoms with van der Waals surface area (Å²) >= 11 is 6.88. The minimum absolute atomic E-state index is 0.0762. The molecule has 6 heterocycles. The highest BCUT2D eigenvalue weighted by atomic mass is 35.5. The van der Waals surface area contributed by atoms with E-state index in [9.17, 15) is 19.2 Å². The maximum atomic E-state index is 13.3. The van der Waals surface area contributed by atoms with Gasteiger partial charge in [0.2, 0.25) is 17.4 Å². The van der Waals surface area contributed by atoms with E-state index in [1.165, 1.54) is 12.3 Å². The van der Waals surface area contributed by atoms with Gasteiger partial charge in [-0.1, -0.05) is 16.8 Å². The van der Waals surface area contributed by atoms with E-state index in [4.69, 9.17) is 31.6 Å². The Morgan fingerprint density at radius 3 is 2.59 bits per heavy atom. The standard InChI is InChI=1S/C23H20ClN7O6/c1-8-7-31-16-12(5-23(18(31)9(2)36-8)20(33)28-22(35)29-21(23)34)27-15-14(30-37-17(15)13(16)24)10-3-4-11(19(25)32)26-6-10/h3-4,6,8-9,18H,5,7H2,1-2H3,(H2,25,32)(H2,28,29,33,34,35)/t8-,9+,18-/m1/s1. The van der Waals surface area contributed by atoms with Gasteiger partial charge in [0, 0.05) is 24.7 Å². The number of halogens is 1. The molecule has 0 unspecified atom stereocenters. The molecule has 1 spiro atoms. The molecule has 37 heavy (non-hydrogen) atoms. The molecule has 0 radical (unpaired) electrons. The first-order chi connectivity index (χ1) is 17.6. The number of primary amides is 1. The Kier molecular flexibility index (Phi) is 5.01. The molecule has 5 amide bonds. The van der Waals surface area contributed by atoms with Crippen LogP contribution in [0.15, 0.2) is 22.9 Å². The summed E-state index contributed by atoms with van der Waals surface area (Å²) in [4.78, 5) is 60.6. The molecule has 0 bridgehead atoms. The van der Waals surface area contributed by atoms with Crippen LogP contribution < -0.4 is 21.3 Å². The first kappa shape index (κ1) is 23.3. The van der Waals surface area contributed by atoms with E-state index in [0.29, 0.717) is 29.2 Å². The molecule has 13 nitrogen and oxygen atoms in total. The zero-order valence-electron chi connectivity index (χ0n) is 19.6. The van der Waals surface area contributed by atoms with Crippen molar-refractivity contribution in [2.24, 2.45) is 11.1 Å². The molecule has 3 aliphatic heterocycles. The maximum absolute atomic E-state index is 13.3. The third-order valence-electron chi connectivity index (χ3n) is 7.07. The van der Waals surface area contributed by atoms with E-state index < -0.39 is 41.3 Å². The van der Waals surface area contributed by atoms with Crippen LogP contribution in [0.1, 0.15) is 30.0 Å². The second-order valence-electron chi connectivity index (χ2n) is 9.36. The second-order valence-corrected chi connectivity index (χ2v) is 9.74. The second kappa shape index (κ2) is 7.95. The number of amides is 5. The maximum Gasteiger partial charge on any atom is 0.328 e. The van der Waals surface area contributed by atoms with E-state index in [0.717, 1.165) is 0 Å². The summed E-state index contributed by atoms with van der Waals surface area (Å²) in [6.07, 6.45) is 0.449. The third kappa shape index (κ3) is 3.23. The number of anilines is 1. The van der Waals surface area contributed by atoms with Gasteiger partial charge in [0.1, 0.15) is 21.9 Å². The zero-order chi connectivity index (χ0) is 26.2. The fourth-order valence-electron chi connectivity index (χ4n) is 5.63. The topological polar surface area (TPSA) is 183 Å². The summed E-state index contributed by atoms with van der Waals surface area (Å²) < 4.78 is 11.6. The monoisotopic (exact) mass is 525 g/mol. The average molecular weight is 526 g/mol. The van der Waals surface area contributed by atoms with Gasteiger partial charge in [-0.25, -0.2) is 9.78 Å². The molecule has 0 saturated carbocycles. The first-order valence-electron chi connectivity index (χ1n) is 11.4. The van der Waals surface area contributed by atoms with Crippen LogP contribution in [0.2, 0.25) is 5.02 Å². The number of hydrogen-bond donors (Lipinski definition) is 3. The molecule has 6 rings (SSSR count). The fourth-order valence-corrected chi connectivity index (χ4v) is 5.97. The number of fused-ring (bicyclic) bond motifs is 5. The van der Waals surface area contributed by atoms with Crippen LogP contribution in [0.3, 0.4) is 0 Å². The van der Waals surface area contributed by atoms with Gasteiger partial charge in [0.15, 0.2) is 5.41 Å². The van der Waals surface area contributed by atoms with Gasteiger partial charge in [-0.2, -0.15) is 0 Å². The number of aromatic nitrogens is 3. The Balaban J connectivity index is 1.56. The molecule has 0 aromatic carbocycles. The van der Waals surface area contributed by atoms with Crippen molar-refractivity contribution in [3.8, 4) is 11.3 Å². The van der Waals surface area contributed by atoms with Crippen molar-refractivity contribution in [3.05, 3.63) is 34.7 Å². The summed E-state index contributed by atoms with van der Waals surface area (Å²) in [5, 5.41) is 8.81. The van der Waals surface area contributed by atoms with Crippen LogP contribution in [-0.4, -0.2) is 63.7 Å². The highest BCUT2D eigenvalue weighted by Gasteiger charge is 2.63. The van der Waals surface area contributed by atoms with E-state index in [2.05, 4.69) is 20.8 Å². The van der Waals surface area contributed by atoms with E-state index in [1.807, 2.05) is 11.8 Å². The summed E-state index contributed by atoms with van der Waals surface area (Å²) in [6.45, 7) is 3.95. The summed E-state index contributed by atoms with van der Waals surface area (Å²) in [6, 6.07) is 1.39. The first-order valence-corrected chi connectivity index (χ1v) is 11.8. The fraction of sp³-hybridized carbons (Fsp3) is 0.348. The van der Waals surface area contributed by atoms with Crippen LogP contribution in [0.4, 0.5) is 10.5 Å². The molecule has 0 aliphatic carbocycles. The molecule has 3 aliphatic rings. The number of carbonyl (C=O) groups excluding carboxylic acids is 4. The number of barbiturate groups is 1. The van der Waals surface area contributed by atoms with Crippen molar-refractivity contribution in [1.29, 1.82) is 0 Å². The Morgan fingerprint density at radius 2 is 1.95 bits per heavy atom. The predicted molar refractivity (Wildman–Crippen MR) is 128 cm³/mol. The Bertz CT molecular complexity index is 1500. The molecule has 2 fully saturated rings. The molecule has 14 heteroatoms. The van der Waals surface area contributed by atoms with Crippen molar-refractivity contribution in [2.75, 3.05) is 11.4 Å². The molecule has 2 saturated heterocycles. The number of rotatable bonds is 2. The van der Waals surface area contributed by atoms with Crippen LogP contribution in [-0.2, 0) is 20.7 Å². The SMILES string of the molecule is C[C@@H]1CN2c3c(nc4c(-c5ccc(C(N)=O)nc5)noc4c3Cl)CC3(C(=O)NC(=O)NC3=O)[C@H]2[C@H](C)O1. The lowest BCUT2D eigenvalue weighted by Crippen LogP contribution is -2.75. The van der Waals surface area contributed by atoms with Gasteiger partial charge in [-0.3, -0.25) is 30.0 Å². The number of morpholine rings is 1. The number of urea groups is 1. The molecule has 3 atom stereocenters. The Labute approximate surface area is 213 Å². The van der Waals surface area contributed by atoms with Gasteiger partial charge in [0.05, 0.1) is 29.6 Å². The molecular formula is C23H20ClN7O6. The minimum atomic E-state index is -1.70. The van der Waals surface area contributed by atoms with E-state index in [-0.39, 0.29) is 34.3 Å². The highest BCUT2D eigenvalue weighted by Crippen LogP contribution is 2.50. The van der Waals surface area contributed by atoms with Gasteiger partial charge in [-0.15, -0.1) is 0 Å². The number of nitrogens with one attached hydrogen (secondary N) is 2. The van der Waals surface area contributed by atoms with Gasteiger partial charge >= 0.3 is 6.03 Å². The molecule has 3 aromatic rings. The quantitative estimate of drug-likeness (QED) is 0.407. The van der Waals surface area contributed by atoms with Crippen molar-refractivity contribution >= 4 is 52.1 Å². The average Bonchev–Trinajstić information content (AvgIpc) is 3.26. The van der Waals surface area contributed by atoms with Crippen molar-refractivity contribution in [1.82, 2.24) is 25.8 Å². The lowest BCUT2D eigenvalue weighted by molar-refractivity contribution is -0.153. The van der Waals surface area contributed by atoms with Crippen LogP contribution >= 0.6 is 11.6 Å². The lowest BCUT2D eigenvalue weighted by atomic mass is 9.67. The number of nitrogens with zero attached hydrogens (tertiary/aromatic N) is 4. The highest BCUT2D eigenvalue weighted by molar-refractivity contribution is 6.38. The summed E-state index contributed by atoms with van der Waals surface area (Å²) in [7, 11) is 0. The Hall–Kier alpha value is -4.10. The smallest absolute Gasteiger partial charge is 0.328 e. The minimum Gasteiger partial charge on any atom is -0.372 e. The van der Waals surface area contributed by atoms with Crippen LogP contribution in [0.5, 0.6) is 0 Å².